The molecule has 1 amide bonds. The van der Waals surface area contributed by atoms with Crippen LogP contribution in [0.2, 0.25) is 0 Å². The number of amides is 1. The summed E-state index contributed by atoms with van der Waals surface area (Å²) in [4.78, 5) is 22.8. The standard InChI is InChI=1S/C15H21NO4/c1-4-15(3,14(18)19)10-16-13(17)9-20-12-7-5-6-11(2)8-12/h5-8H,4,9-10H2,1-3H3,(H,16,17)(H,18,19). The second-order valence-corrected chi connectivity index (χ2v) is 5.10. The van der Waals surface area contributed by atoms with Gasteiger partial charge in [0, 0.05) is 6.54 Å². The first-order valence-corrected chi connectivity index (χ1v) is 6.57. The topological polar surface area (TPSA) is 75.6 Å². The highest BCUT2D eigenvalue weighted by molar-refractivity contribution is 5.79. The van der Waals surface area contributed by atoms with Crippen molar-refractivity contribution in [1.82, 2.24) is 5.32 Å². The molecule has 20 heavy (non-hydrogen) atoms. The summed E-state index contributed by atoms with van der Waals surface area (Å²) in [7, 11) is 0. The highest BCUT2D eigenvalue weighted by Gasteiger charge is 2.31. The molecule has 2 N–H and O–H groups in total. The van der Waals surface area contributed by atoms with Gasteiger partial charge in [0.25, 0.3) is 5.91 Å². The number of hydrogen-bond acceptors (Lipinski definition) is 3. The van der Waals surface area contributed by atoms with Crippen molar-refractivity contribution in [1.29, 1.82) is 0 Å². The van der Waals surface area contributed by atoms with Gasteiger partial charge in [0.1, 0.15) is 5.75 Å². The lowest BCUT2D eigenvalue weighted by molar-refractivity contribution is -0.148. The minimum atomic E-state index is -0.945. The molecule has 1 unspecified atom stereocenters. The van der Waals surface area contributed by atoms with E-state index < -0.39 is 11.4 Å². The van der Waals surface area contributed by atoms with Crippen LogP contribution < -0.4 is 10.1 Å². The number of nitrogens with one attached hydrogen (secondary N) is 1. The summed E-state index contributed by atoms with van der Waals surface area (Å²) in [5.41, 5.74) is 0.103. The van der Waals surface area contributed by atoms with E-state index in [2.05, 4.69) is 5.32 Å². The predicted molar refractivity (Wildman–Crippen MR) is 75.7 cm³/mol. The fraction of sp³-hybridized carbons (Fsp3) is 0.467. The molecule has 0 saturated carbocycles. The number of rotatable bonds is 7. The summed E-state index contributed by atoms with van der Waals surface area (Å²) in [6.45, 7) is 5.30. The third kappa shape index (κ3) is 4.57. The molecule has 0 aliphatic heterocycles. The summed E-state index contributed by atoms with van der Waals surface area (Å²) in [5, 5.41) is 11.7. The summed E-state index contributed by atoms with van der Waals surface area (Å²) in [6, 6.07) is 7.39. The monoisotopic (exact) mass is 279 g/mol. The smallest absolute Gasteiger partial charge is 0.311 e. The van der Waals surface area contributed by atoms with E-state index in [-0.39, 0.29) is 19.1 Å². The van der Waals surface area contributed by atoms with E-state index in [1.54, 1.807) is 19.9 Å². The largest absolute Gasteiger partial charge is 0.484 e. The molecule has 0 aliphatic carbocycles. The number of carboxylic acid groups (broad SMARTS) is 1. The van der Waals surface area contributed by atoms with Crippen LogP contribution in [-0.2, 0) is 9.59 Å². The van der Waals surface area contributed by atoms with Crippen LogP contribution in [-0.4, -0.2) is 30.1 Å². The van der Waals surface area contributed by atoms with Crippen molar-refractivity contribution in [2.24, 2.45) is 5.41 Å². The molecule has 0 radical (unpaired) electrons. The van der Waals surface area contributed by atoms with Crippen LogP contribution in [0.3, 0.4) is 0 Å². The molecule has 1 aromatic carbocycles. The van der Waals surface area contributed by atoms with Crippen molar-refractivity contribution in [2.45, 2.75) is 27.2 Å². The molecular formula is C15H21NO4. The maximum Gasteiger partial charge on any atom is 0.311 e. The lowest BCUT2D eigenvalue weighted by atomic mass is 9.88. The van der Waals surface area contributed by atoms with Gasteiger partial charge >= 0.3 is 5.97 Å². The van der Waals surface area contributed by atoms with Crippen LogP contribution in [0.25, 0.3) is 0 Å². The number of benzene rings is 1. The Kier molecular flexibility index (Phi) is 5.55. The van der Waals surface area contributed by atoms with E-state index >= 15 is 0 Å². The summed E-state index contributed by atoms with van der Waals surface area (Å²) >= 11 is 0. The van der Waals surface area contributed by atoms with Crippen molar-refractivity contribution in [3.63, 3.8) is 0 Å². The summed E-state index contributed by atoms with van der Waals surface area (Å²) in [5.74, 6) is -0.621. The molecule has 0 heterocycles. The summed E-state index contributed by atoms with van der Waals surface area (Å²) in [6.07, 6.45) is 0.446. The first kappa shape index (κ1) is 16.0. The zero-order chi connectivity index (χ0) is 15.2. The second-order valence-electron chi connectivity index (χ2n) is 5.10. The van der Waals surface area contributed by atoms with Gasteiger partial charge in [0.15, 0.2) is 6.61 Å². The Labute approximate surface area is 118 Å². The molecular weight excluding hydrogens is 258 g/mol. The number of carboxylic acids is 1. The highest BCUT2D eigenvalue weighted by atomic mass is 16.5. The van der Waals surface area contributed by atoms with Crippen molar-refractivity contribution in [3.05, 3.63) is 29.8 Å². The van der Waals surface area contributed by atoms with E-state index in [0.29, 0.717) is 12.2 Å². The Morgan fingerprint density at radius 2 is 2.10 bits per heavy atom. The van der Waals surface area contributed by atoms with Crippen LogP contribution in [0.1, 0.15) is 25.8 Å². The average Bonchev–Trinajstić information content (AvgIpc) is 2.42. The minimum Gasteiger partial charge on any atom is -0.484 e. The molecule has 0 saturated heterocycles. The Balaban J connectivity index is 2.43. The Morgan fingerprint density at radius 3 is 2.65 bits per heavy atom. The van der Waals surface area contributed by atoms with Crippen molar-refractivity contribution in [2.75, 3.05) is 13.2 Å². The van der Waals surface area contributed by atoms with Crippen molar-refractivity contribution < 1.29 is 19.4 Å². The maximum atomic E-state index is 11.7. The fourth-order valence-corrected chi connectivity index (χ4v) is 1.55. The number of ether oxygens (including phenoxy) is 1. The Hall–Kier alpha value is -2.04. The van der Waals surface area contributed by atoms with E-state index in [4.69, 9.17) is 9.84 Å². The molecule has 0 fully saturated rings. The number of aryl methyl sites for hydroxylation is 1. The third-order valence-electron chi connectivity index (χ3n) is 3.33. The van der Waals surface area contributed by atoms with Gasteiger partial charge in [-0.15, -0.1) is 0 Å². The second kappa shape index (κ2) is 6.93. The number of aliphatic carboxylic acids is 1. The number of carbonyl (C=O) groups is 2. The molecule has 0 spiro atoms. The predicted octanol–water partition coefficient (Wildman–Crippen LogP) is 1.99. The third-order valence-corrected chi connectivity index (χ3v) is 3.33. The van der Waals surface area contributed by atoms with Gasteiger partial charge in [0.05, 0.1) is 5.41 Å². The fourth-order valence-electron chi connectivity index (χ4n) is 1.55. The number of hydrogen-bond donors (Lipinski definition) is 2. The molecule has 0 bridgehead atoms. The van der Waals surface area contributed by atoms with Crippen LogP contribution in [0.4, 0.5) is 0 Å². The van der Waals surface area contributed by atoms with E-state index in [1.807, 2.05) is 25.1 Å². The van der Waals surface area contributed by atoms with Gasteiger partial charge in [-0.1, -0.05) is 19.1 Å². The van der Waals surface area contributed by atoms with E-state index in [1.165, 1.54) is 0 Å². The molecule has 1 aromatic rings. The van der Waals surface area contributed by atoms with Crippen molar-refractivity contribution in [3.8, 4) is 5.75 Å². The molecule has 1 atom stereocenters. The first-order valence-electron chi connectivity index (χ1n) is 6.57. The molecule has 110 valence electrons. The zero-order valence-electron chi connectivity index (χ0n) is 12.1. The first-order chi connectivity index (χ1) is 9.37. The quantitative estimate of drug-likeness (QED) is 0.800. The number of carbonyl (C=O) groups excluding carboxylic acids is 1. The minimum absolute atomic E-state index is 0.0921. The Morgan fingerprint density at radius 1 is 1.40 bits per heavy atom. The van der Waals surface area contributed by atoms with Gasteiger partial charge in [-0.2, -0.15) is 0 Å². The SMILES string of the molecule is CCC(C)(CNC(=O)COc1cccc(C)c1)C(=O)O. The van der Waals surface area contributed by atoms with Crippen LogP contribution >= 0.6 is 0 Å². The summed E-state index contributed by atoms with van der Waals surface area (Å²) < 4.78 is 5.35. The maximum absolute atomic E-state index is 11.7. The van der Waals surface area contributed by atoms with E-state index in [9.17, 15) is 9.59 Å². The molecule has 0 aromatic heterocycles. The lowest BCUT2D eigenvalue weighted by Crippen LogP contribution is -2.42. The van der Waals surface area contributed by atoms with E-state index in [0.717, 1.165) is 5.56 Å². The molecule has 0 aliphatic rings. The highest BCUT2D eigenvalue weighted by Crippen LogP contribution is 2.19. The zero-order valence-corrected chi connectivity index (χ0v) is 12.1. The van der Waals surface area contributed by atoms with Gasteiger partial charge in [0.2, 0.25) is 0 Å². The van der Waals surface area contributed by atoms with Gasteiger partial charge in [-0.3, -0.25) is 9.59 Å². The lowest BCUT2D eigenvalue weighted by Gasteiger charge is -2.23. The van der Waals surface area contributed by atoms with Crippen LogP contribution in [0, 0.1) is 12.3 Å². The van der Waals surface area contributed by atoms with Gasteiger partial charge in [-0.05, 0) is 38.0 Å². The van der Waals surface area contributed by atoms with Crippen LogP contribution in [0.15, 0.2) is 24.3 Å². The molecule has 1 rings (SSSR count). The molecule has 5 heteroatoms. The van der Waals surface area contributed by atoms with Crippen LogP contribution in [0.5, 0.6) is 5.75 Å². The van der Waals surface area contributed by atoms with Gasteiger partial charge in [-0.25, -0.2) is 0 Å². The normalized spacial score (nSPS) is 13.3. The van der Waals surface area contributed by atoms with Crippen molar-refractivity contribution >= 4 is 11.9 Å². The average molecular weight is 279 g/mol. The molecule has 5 nitrogen and oxygen atoms in total. The Bertz CT molecular complexity index is 487. The van der Waals surface area contributed by atoms with Gasteiger partial charge < -0.3 is 15.2 Å².